The molecule has 0 saturated carbocycles. The van der Waals surface area contributed by atoms with Crippen molar-refractivity contribution in [3.63, 3.8) is 0 Å². The molecule has 2 N–H and O–H groups in total. The molecule has 1 fully saturated rings. The third-order valence-corrected chi connectivity index (χ3v) is 5.95. The number of aromatic nitrogens is 2. The van der Waals surface area contributed by atoms with Gasteiger partial charge in [0.25, 0.3) is 5.91 Å². The van der Waals surface area contributed by atoms with Crippen LogP contribution in [0.15, 0.2) is 83.7 Å². The smallest absolute Gasteiger partial charge is 0.326 e. The van der Waals surface area contributed by atoms with Gasteiger partial charge in [0.05, 0.1) is 22.3 Å². The molecule has 1 aromatic heterocycles. The number of carbonyl (C=O) groups is 1. The number of amides is 1. The normalized spacial score (nSPS) is 14.6. The number of H-pyrrole nitrogens is 1. The number of benzene rings is 3. The van der Waals surface area contributed by atoms with Gasteiger partial charge in [-0.3, -0.25) is 9.36 Å². The molecule has 1 amide bonds. The highest BCUT2D eigenvalue weighted by molar-refractivity contribution is 6.00. The van der Waals surface area contributed by atoms with Crippen molar-refractivity contribution in [3.8, 4) is 0 Å². The number of rotatable bonds is 4. The molecule has 0 spiro atoms. The van der Waals surface area contributed by atoms with Gasteiger partial charge in [-0.2, -0.15) is 0 Å². The van der Waals surface area contributed by atoms with Crippen molar-refractivity contribution in [2.24, 2.45) is 0 Å². The van der Waals surface area contributed by atoms with Gasteiger partial charge in [0.15, 0.2) is 0 Å². The Morgan fingerprint density at radius 2 is 1.55 bits per heavy atom. The molecule has 0 aliphatic carbocycles. The van der Waals surface area contributed by atoms with Crippen molar-refractivity contribution < 1.29 is 4.79 Å². The fourth-order valence-electron chi connectivity index (χ4n) is 4.39. The predicted molar refractivity (Wildman–Crippen MR) is 123 cm³/mol. The molecule has 1 aliphatic rings. The summed E-state index contributed by atoms with van der Waals surface area (Å²) in [7, 11) is 0. The molecule has 1 saturated heterocycles. The van der Waals surface area contributed by atoms with Crippen LogP contribution in [0, 0.1) is 0 Å². The Labute approximate surface area is 180 Å². The highest BCUT2D eigenvalue weighted by Gasteiger charge is 2.27. The SMILES string of the molecule is O=C(c1ccccc1Nc1ccccc1)N1CCC(n2c(=O)[nH]c3ccccc32)CC1. The van der Waals surface area contributed by atoms with Crippen LogP contribution in [0.2, 0.25) is 0 Å². The molecular formula is C25H24N4O2. The van der Waals surface area contributed by atoms with Crippen LogP contribution in [-0.2, 0) is 0 Å². The molecule has 0 radical (unpaired) electrons. The summed E-state index contributed by atoms with van der Waals surface area (Å²) in [4.78, 5) is 30.6. The van der Waals surface area contributed by atoms with E-state index >= 15 is 0 Å². The second kappa shape index (κ2) is 8.14. The Kier molecular flexibility index (Phi) is 5.04. The summed E-state index contributed by atoms with van der Waals surface area (Å²) in [5, 5.41) is 3.35. The molecular weight excluding hydrogens is 388 g/mol. The van der Waals surface area contributed by atoms with Crippen LogP contribution in [0.5, 0.6) is 0 Å². The van der Waals surface area contributed by atoms with Crippen molar-refractivity contribution in [2.75, 3.05) is 18.4 Å². The zero-order valence-electron chi connectivity index (χ0n) is 17.1. The lowest BCUT2D eigenvalue weighted by Crippen LogP contribution is -2.40. The summed E-state index contributed by atoms with van der Waals surface area (Å²) in [5.41, 5.74) is 4.10. The minimum Gasteiger partial charge on any atom is -0.355 e. The summed E-state index contributed by atoms with van der Waals surface area (Å²) in [6.07, 6.45) is 1.50. The van der Waals surface area contributed by atoms with Crippen LogP contribution in [0.4, 0.5) is 11.4 Å². The van der Waals surface area contributed by atoms with Crippen LogP contribution in [0.25, 0.3) is 11.0 Å². The standard InChI is InChI=1S/C25H24N4O2/c30-24(20-10-4-5-11-21(20)26-18-8-2-1-3-9-18)28-16-14-19(15-17-28)29-23-13-7-6-12-22(23)27-25(29)31/h1-13,19,26H,14-17H2,(H,27,31). The average molecular weight is 412 g/mol. The summed E-state index contributed by atoms with van der Waals surface area (Å²) >= 11 is 0. The van der Waals surface area contributed by atoms with Crippen molar-refractivity contribution in [1.29, 1.82) is 0 Å². The van der Waals surface area contributed by atoms with Crippen molar-refractivity contribution >= 4 is 28.3 Å². The lowest BCUT2D eigenvalue weighted by atomic mass is 10.0. The first-order chi connectivity index (χ1) is 15.2. The Morgan fingerprint density at radius 3 is 2.35 bits per heavy atom. The second-order valence-electron chi connectivity index (χ2n) is 7.88. The van der Waals surface area contributed by atoms with E-state index in [9.17, 15) is 9.59 Å². The van der Waals surface area contributed by atoms with E-state index in [1.807, 2.05) is 88.3 Å². The lowest BCUT2D eigenvalue weighted by molar-refractivity contribution is 0.0696. The number of carbonyl (C=O) groups excluding carboxylic acids is 1. The molecule has 1 aliphatic heterocycles. The molecule has 6 nitrogen and oxygen atoms in total. The van der Waals surface area contributed by atoms with Crippen molar-refractivity contribution in [3.05, 3.63) is 94.9 Å². The van der Waals surface area contributed by atoms with Gasteiger partial charge < -0.3 is 15.2 Å². The molecule has 156 valence electrons. The third-order valence-electron chi connectivity index (χ3n) is 5.95. The molecule has 31 heavy (non-hydrogen) atoms. The minimum absolute atomic E-state index is 0.0174. The highest BCUT2D eigenvalue weighted by Crippen LogP contribution is 2.28. The summed E-state index contributed by atoms with van der Waals surface area (Å²) < 4.78 is 1.85. The first-order valence-electron chi connectivity index (χ1n) is 10.6. The van der Waals surface area contributed by atoms with Gasteiger partial charge in [-0.15, -0.1) is 0 Å². The molecule has 0 unspecified atom stereocenters. The van der Waals surface area contributed by atoms with Gasteiger partial charge >= 0.3 is 5.69 Å². The zero-order valence-corrected chi connectivity index (χ0v) is 17.1. The second-order valence-corrected chi connectivity index (χ2v) is 7.88. The van der Waals surface area contributed by atoms with Crippen molar-refractivity contribution in [2.45, 2.75) is 18.9 Å². The predicted octanol–water partition coefficient (Wildman–Crippen LogP) is 4.55. The number of aromatic amines is 1. The number of nitrogens with one attached hydrogen (secondary N) is 2. The number of para-hydroxylation sites is 4. The molecule has 0 bridgehead atoms. The number of anilines is 2. The Balaban J connectivity index is 1.33. The molecule has 4 aromatic rings. The fraction of sp³-hybridized carbons (Fsp3) is 0.200. The van der Waals surface area contributed by atoms with E-state index in [0.29, 0.717) is 18.7 Å². The first-order valence-corrected chi connectivity index (χ1v) is 10.6. The quantitative estimate of drug-likeness (QED) is 0.517. The zero-order chi connectivity index (χ0) is 21.2. The maximum Gasteiger partial charge on any atom is 0.326 e. The molecule has 3 aromatic carbocycles. The summed E-state index contributed by atoms with van der Waals surface area (Å²) in [6.45, 7) is 1.24. The van der Waals surface area contributed by atoms with E-state index < -0.39 is 0 Å². The van der Waals surface area contributed by atoms with E-state index in [4.69, 9.17) is 0 Å². The maximum atomic E-state index is 13.3. The lowest BCUT2D eigenvalue weighted by Gasteiger charge is -2.33. The Morgan fingerprint density at radius 1 is 0.871 bits per heavy atom. The average Bonchev–Trinajstić information content (AvgIpc) is 3.15. The number of piperidine rings is 1. The number of imidazole rings is 1. The number of hydrogen-bond acceptors (Lipinski definition) is 3. The first kappa shape index (κ1) is 19.2. The molecule has 0 atom stereocenters. The number of fused-ring (bicyclic) bond motifs is 1. The Hall–Kier alpha value is -3.80. The minimum atomic E-state index is -0.0802. The molecule has 5 rings (SSSR count). The van der Waals surface area contributed by atoms with Gasteiger partial charge in [0.2, 0.25) is 0 Å². The Bertz CT molecular complexity index is 1270. The number of hydrogen-bond donors (Lipinski definition) is 2. The number of nitrogens with zero attached hydrogens (tertiary/aromatic N) is 2. The van der Waals surface area contributed by atoms with Crippen molar-refractivity contribution in [1.82, 2.24) is 14.5 Å². The van der Waals surface area contributed by atoms with E-state index in [0.717, 1.165) is 35.2 Å². The van der Waals surface area contributed by atoms with E-state index in [2.05, 4.69) is 10.3 Å². The van der Waals surface area contributed by atoms with Gasteiger partial charge in [0.1, 0.15) is 0 Å². The number of likely N-dealkylation sites (tertiary alicyclic amines) is 1. The van der Waals surface area contributed by atoms with Crippen LogP contribution in [0.3, 0.4) is 0 Å². The van der Waals surface area contributed by atoms with E-state index in [-0.39, 0.29) is 17.6 Å². The fourth-order valence-corrected chi connectivity index (χ4v) is 4.39. The molecule has 2 heterocycles. The van der Waals surface area contributed by atoms with Gasteiger partial charge in [-0.05, 0) is 49.2 Å². The van der Waals surface area contributed by atoms with Crippen LogP contribution >= 0.6 is 0 Å². The third kappa shape index (κ3) is 3.72. The van der Waals surface area contributed by atoms with Gasteiger partial charge in [-0.1, -0.05) is 42.5 Å². The highest BCUT2D eigenvalue weighted by atomic mass is 16.2. The van der Waals surface area contributed by atoms with Crippen LogP contribution < -0.4 is 11.0 Å². The van der Waals surface area contributed by atoms with Gasteiger partial charge in [0, 0.05) is 24.8 Å². The monoisotopic (exact) mass is 412 g/mol. The van der Waals surface area contributed by atoms with Crippen LogP contribution in [0.1, 0.15) is 29.2 Å². The maximum absolute atomic E-state index is 13.3. The van der Waals surface area contributed by atoms with Gasteiger partial charge in [-0.25, -0.2) is 4.79 Å². The van der Waals surface area contributed by atoms with Crippen LogP contribution in [-0.4, -0.2) is 33.4 Å². The largest absolute Gasteiger partial charge is 0.355 e. The van der Waals surface area contributed by atoms with E-state index in [1.165, 1.54) is 0 Å². The molecule has 6 heteroatoms. The van der Waals surface area contributed by atoms with E-state index in [1.54, 1.807) is 0 Å². The summed E-state index contributed by atoms with van der Waals surface area (Å²) in [5.74, 6) is 0.0174. The summed E-state index contributed by atoms with van der Waals surface area (Å²) in [6, 6.07) is 25.3. The topological polar surface area (TPSA) is 70.1 Å².